The molecule has 0 spiro atoms. The van der Waals surface area contributed by atoms with Crippen LogP contribution in [0.5, 0.6) is 0 Å². The van der Waals surface area contributed by atoms with Gasteiger partial charge in [0.1, 0.15) is 11.6 Å². The molecule has 38 heavy (non-hydrogen) atoms. The maximum absolute atomic E-state index is 10.6. The molecule has 0 amide bonds. The lowest BCUT2D eigenvalue weighted by Gasteiger charge is -2.21. The highest BCUT2D eigenvalue weighted by molar-refractivity contribution is 5.73. The Kier molecular flexibility index (Phi) is 12.2. The van der Waals surface area contributed by atoms with Crippen molar-refractivity contribution in [1.82, 2.24) is 24.5 Å². The van der Waals surface area contributed by atoms with Gasteiger partial charge in [-0.1, -0.05) is 19.0 Å². The molecule has 10 nitrogen and oxygen atoms in total. The molecule has 216 valence electrons. The van der Waals surface area contributed by atoms with Gasteiger partial charge in [-0.25, -0.2) is 14.6 Å². The molecule has 0 aromatic carbocycles. The lowest BCUT2D eigenvalue weighted by molar-refractivity contribution is -0.193. The standard InChI is InChI=1S/C18H29N5O.2C2HF3O2/c1-5-21(6-2)12-16-11-19-18-7-8-22(9-10-23(16)18)13-17-14(3)20-24-15(17)4;2*3-2(4,5)1(6)7/h11H,5-10,12-13H2,1-4H3;2*(H,6,7). The summed E-state index contributed by atoms with van der Waals surface area (Å²) in [7, 11) is 0. The zero-order valence-electron chi connectivity index (χ0n) is 21.4. The van der Waals surface area contributed by atoms with E-state index in [-0.39, 0.29) is 0 Å². The van der Waals surface area contributed by atoms with Crippen LogP contribution in [0.15, 0.2) is 10.7 Å². The number of hydrogen-bond donors (Lipinski definition) is 2. The second kappa shape index (κ2) is 14.1. The fourth-order valence-electron chi connectivity index (χ4n) is 3.45. The van der Waals surface area contributed by atoms with E-state index in [1.807, 2.05) is 13.8 Å². The number of aliphatic carboxylic acids is 2. The quantitative estimate of drug-likeness (QED) is 0.510. The van der Waals surface area contributed by atoms with Crippen molar-refractivity contribution in [2.45, 2.75) is 66.1 Å². The Bertz CT molecular complexity index is 1000. The Morgan fingerprint density at radius 3 is 1.95 bits per heavy atom. The summed E-state index contributed by atoms with van der Waals surface area (Å²) in [6.07, 6.45) is -7.10. The molecule has 2 N–H and O–H groups in total. The number of nitrogens with zero attached hydrogens (tertiary/aromatic N) is 5. The average Bonchev–Trinajstić information content (AvgIpc) is 3.27. The molecule has 3 rings (SSSR count). The van der Waals surface area contributed by atoms with Gasteiger partial charge in [-0.2, -0.15) is 26.3 Å². The molecule has 0 saturated carbocycles. The highest BCUT2D eigenvalue weighted by atomic mass is 19.4. The van der Waals surface area contributed by atoms with Crippen molar-refractivity contribution in [3.05, 3.63) is 34.7 Å². The van der Waals surface area contributed by atoms with Crippen LogP contribution in [0.1, 0.15) is 42.4 Å². The predicted molar refractivity (Wildman–Crippen MR) is 121 cm³/mol. The van der Waals surface area contributed by atoms with Crippen LogP contribution in [0.3, 0.4) is 0 Å². The lowest BCUT2D eigenvalue weighted by Crippen LogP contribution is -2.28. The van der Waals surface area contributed by atoms with Crippen LogP contribution in [0.4, 0.5) is 26.3 Å². The van der Waals surface area contributed by atoms with Crippen LogP contribution in [-0.2, 0) is 35.6 Å². The monoisotopic (exact) mass is 559 g/mol. The molecule has 1 aliphatic heterocycles. The Labute approximate surface area is 214 Å². The van der Waals surface area contributed by atoms with E-state index in [9.17, 15) is 26.3 Å². The molecule has 0 bridgehead atoms. The van der Waals surface area contributed by atoms with Gasteiger partial charge in [-0.3, -0.25) is 9.80 Å². The van der Waals surface area contributed by atoms with Crippen LogP contribution in [0, 0.1) is 13.8 Å². The molecule has 0 radical (unpaired) electrons. The highest BCUT2D eigenvalue weighted by Gasteiger charge is 2.38. The average molecular weight is 560 g/mol. The minimum Gasteiger partial charge on any atom is -0.475 e. The number of carboxylic acids is 2. The number of aromatic nitrogens is 3. The van der Waals surface area contributed by atoms with E-state index in [0.717, 1.165) is 63.7 Å². The number of fused-ring (bicyclic) bond motifs is 1. The zero-order chi connectivity index (χ0) is 29.3. The van der Waals surface area contributed by atoms with E-state index in [4.69, 9.17) is 24.3 Å². The van der Waals surface area contributed by atoms with Crippen LogP contribution in [0.25, 0.3) is 0 Å². The first-order valence-corrected chi connectivity index (χ1v) is 11.5. The van der Waals surface area contributed by atoms with Crippen molar-refractivity contribution in [3.8, 4) is 0 Å². The Morgan fingerprint density at radius 1 is 1.00 bits per heavy atom. The van der Waals surface area contributed by atoms with Gasteiger partial charge in [0, 0.05) is 50.9 Å². The van der Waals surface area contributed by atoms with Gasteiger partial charge < -0.3 is 19.3 Å². The van der Waals surface area contributed by atoms with Crippen molar-refractivity contribution in [2.24, 2.45) is 0 Å². The minimum absolute atomic E-state index is 0.914. The molecular weight excluding hydrogens is 528 g/mol. The van der Waals surface area contributed by atoms with Gasteiger partial charge >= 0.3 is 24.3 Å². The first-order chi connectivity index (χ1) is 17.5. The largest absolute Gasteiger partial charge is 0.490 e. The molecule has 1 aliphatic rings. The fraction of sp³-hybridized carbons (Fsp3) is 0.636. The Morgan fingerprint density at radius 2 is 1.53 bits per heavy atom. The van der Waals surface area contributed by atoms with Crippen molar-refractivity contribution in [2.75, 3.05) is 26.2 Å². The van der Waals surface area contributed by atoms with Crippen molar-refractivity contribution in [3.63, 3.8) is 0 Å². The number of alkyl halides is 6. The van der Waals surface area contributed by atoms with E-state index >= 15 is 0 Å². The molecule has 2 aromatic heterocycles. The Hall–Kier alpha value is -3.14. The maximum Gasteiger partial charge on any atom is 0.490 e. The smallest absolute Gasteiger partial charge is 0.475 e. The minimum atomic E-state index is -5.08. The molecule has 2 aromatic rings. The van der Waals surface area contributed by atoms with Crippen LogP contribution in [0.2, 0.25) is 0 Å². The molecular formula is C22H31F6N5O5. The van der Waals surface area contributed by atoms with E-state index in [0.29, 0.717) is 0 Å². The first-order valence-electron chi connectivity index (χ1n) is 11.5. The molecule has 0 fully saturated rings. The molecule has 0 aliphatic carbocycles. The van der Waals surface area contributed by atoms with Crippen molar-refractivity contribution < 1.29 is 50.7 Å². The van der Waals surface area contributed by atoms with Gasteiger partial charge in [0.15, 0.2) is 0 Å². The second-order valence-corrected chi connectivity index (χ2v) is 8.21. The van der Waals surface area contributed by atoms with E-state index in [1.54, 1.807) is 0 Å². The predicted octanol–water partition coefficient (Wildman–Crippen LogP) is 3.65. The third-order valence-corrected chi connectivity index (χ3v) is 5.64. The number of halogens is 6. The van der Waals surface area contributed by atoms with Gasteiger partial charge in [0.05, 0.1) is 11.4 Å². The summed E-state index contributed by atoms with van der Waals surface area (Å²) in [4.78, 5) is 27.4. The molecule has 3 heterocycles. The summed E-state index contributed by atoms with van der Waals surface area (Å²) in [6, 6.07) is 0. The maximum atomic E-state index is 10.6. The topological polar surface area (TPSA) is 125 Å². The van der Waals surface area contributed by atoms with E-state index < -0.39 is 24.3 Å². The zero-order valence-corrected chi connectivity index (χ0v) is 21.4. The van der Waals surface area contributed by atoms with E-state index in [1.165, 1.54) is 17.1 Å². The molecule has 0 saturated heterocycles. The van der Waals surface area contributed by atoms with Gasteiger partial charge in [0.2, 0.25) is 0 Å². The summed E-state index contributed by atoms with van der Waals surface area (Å²) < 4.78 is 71.2. The molecule has 16 heteroatoms. The summed E-state index contributed by atoms with van der Waals surface area (Å²) in [5.74, 6) is -3.35. The molecule has 0 atom stereocenters. The van der Waals surface area contributed by atoms with Crippen molar-refractivity contribution in [1.29, 1.82) is 0 Å². The van der Waals surface area contributed by atoms with Crippen LogP contribution >= 0.6 is 0 Å². The summed E-state index contributed by atoms with van der Waals surface area (Å²) in [6.45, 7) is 15.6. The molecule has 0 unspecified atom stereocenters. The highest BCUT2D eigenvalue weighted by Crippen LogP contribution is 2.19. The lowest BCUT2D eigenvalue weighted by atomic mass is 10.2. The SMILES string of the molecule is CCN(CC)Cc1cnc2n1CCN(Cc1c(C)noc1C)CC2.O=C(O)C(F)(F)F.O=C(O)C(F)(F)F. The second-order valence-electron chi connectivity index (χ2n) is 8.21. The van der Waals surface area contributed by atoms with Crippen molar-refractivity contribution >= 4 is 11.9 Å². The number of carbonyl (C=O) groups is 2. The number of imidazole rings is 1. The summed E-state index contributed by atoms with van der Waals surface area (Å²) in [5.41, 5.74) is 3.59. The Balaban J connectivity index is 0.000000426. The first kappa shape index (κ1) is 32.9. The van der Waals surface area contributed by atoms with Crippen LogP contribution < -0.4 is 0 Å². The summed E-state index contributed by atoms with van der Waals surface area (Å²) in [5, 5.41) is 18.3. The number of rotatable bonds is 6. The number of hydrogen-bond acceptors (Lipinski definition) is 7. The van der Waals surface area contributed by atoms with Gasteiger partial charge in [0.25, 0.3) is 0 Å². The normalized spacial score (nSPS) is 14.1. The number of aryl methyl sites for hydroxylation is 2. The van der Waals surface area contributed by atoms with Gasteiger partial charge in [-0.05, 0) is 26.9 Å². The van der Waals surface area contributed by atoms with E-state index in [2.05, 4.69) is 44.6 Å². The number of carboxylic acid groups (broad SMARTS) is 2. The summed E-state index contributed by atoms with van der Waals surface area (Å²) >= 11 is 0. The third kappa shape index (κ3) is 10.3. The fourth-order valence-corrected chi connectivity index (χ4v) is 3.45. The third-order valence-electron chi connectivity index (χ3n) is 5.64. The van der Waals surface area contributed by atoms with Gasteiger partial charge in [-0.15, -0.1) is 0 Å². The van der Waals surface area contributed by atoms with Crippen LogP contribution in [-0.4, -0.2) is 85.2 Å².